The van der Waals surface area contributed by atoms with E-state index in [9.17, 15) is 4.79 Å². The van der Waals surface area contributed by atoms with E-state index >= 15 is 0 Å². The Labute approximate surface area is 185 Å². The first-order valence-electron chi connectivity index (χ1n) is 9.74. The lowest BCUT2D eigenvalue weighted by molar-refractivity contribution is -0.118. The quantitative estimate of drug-likeness (QED) is 0.383. The molecule has 0 saturated heterocycles. The second kappa shape index (κ2) is 8.54. The Bertz CT molecular complexity index is 1220. The molecule has 0 saturated carbocycles. The molecule has 1 amide bonds. The van der Waals surface area contributed by atoms with Crippen LogP contribution in [0.4, 0.5) is 5.13 Å². The Morgan fingerprint density at radius 3 is 2.70 bits per heavy atom. The van der Waals surface area contributed by atoms with Crippen LogP contribution in [0.25, 0.3) is 10.2 Å². The smallest absolute Gasteiger partial charge is 0.233 e. The van der Waals surface area contributed by atoms with Gasteiger partial charge < -0.3 is 0 Å². The third-order valence-corrected chi connectivity index (χ3v) is 6.61. The maximum absolute atomic E-state index is 13.4. The lowest BCUT2D eigenvalue weighted by atomic mass is 10.0. The van der Waals surface area contributed by atoms with Gasteiger partial charge in [0.15, 0.2) is 5.13 Å². The van der Waals surface area contributed by atoms with Gasteiger partial charge in [0.25, 0.3) is 0 Å². The monoisotopic (exact) mass is 435 g/mol. The van der Waals surface area contributed by atoms with Gasteiger partial charge in [-0.25, -0.2) is 4.98 Å². The lowest BCUT2D eigenvalue weighted by Gasteiger charge is -2.20. The number of hydrogen-bond acceptors (Lipinski definition) is 4. The summed E-state index contributed by atoms with van der Waals surface area (Å²) in [5, 5.41) is 1.34. The van der Waals surface area contributed by atoms with Gasteiger partial charge in [-0.3, -0.25) is 14.7 Å². The molecule has 0 N–H and O–H groups in total. The van der Waals surface area contributed by atoms with E-state index in [1.54, 1.807) is 11.1 Å². The average molecular weight is 436 g/mol. The molecule has 0 fully saturated rings. The van der Waals surface area contributed by atoms with Crippen molar-refractivity contribution in [3.8, 4) is 0 Å². The molecule has 0 aliphatic rings. The molecule has 0 bridgehead atoms. The third kappa shape index (κ3) is 4.23. The molecule has 2 heterocycles. The van der Waals surface area contributed by atoms with E-state index in [2.05, 4.69) is 23.2 Å². The molecule has 152 valence electrons. The Balaban J connectivity index is 1.73. The van der Waals surface area contributed by atoms with Crippen LogP contribution < -0.4 is 4.90 Å². The Morgan fingerprint density at radius 2 is 1.93 bits per heavy atom. The molecule has 0 aliphatic carbocycles. The molecule has 6 heteroatoms. The summed E-state index contributed by atoms with van der Waals surface area (Å²) in [6, 6.07) is 15.8. The molecule has 0 aliphatic heterocycles. The number of fused-ring (bicyclic) bond motifs is 1. The summed E-state index contributed by atoms with van der Waals surface area (Å²) in [6.07, 6.45) is 2.06. The highest BCUT2D eigenvalue weighted by Crippen LogP contribution is 2.34. The van der Waals surface area contributed by atoms with Gasteiger partial charge in [0.1, 0.15) is 0 Å². The van der Waals surface area contributed by atoms with Crippen molar-refractivity contribution in [3.63, 3.8) is 0 Å². The number of nitrogens with zero attached hydrogens (tertiary/aromatic N) is 3. The normalized spacial score (nSPS) is 11.1. The predicted molar refractivity (Wildman–Crippen MR) is 124 cm³/mol. The van der Waals surface area contributed by atoms with E-state index in [-0.39, 0.29) is 5.91 Å². The van der Waals surface area contributed by atoms with Crippen LogP contribution in [0.5, 0.6) is 0 Å². The van der Waals surface area contributed by atoms with Crippen LogP contribution in [0, 0.1) is 20.8 Å². The molecule has 0 unspecified atom stereocenters. The van der Waals surface area contributed by atoms with Gasteiger partial charge in [0, 0.05) is 11.2 Å². The van der Waals surface area contributed by atoms with Gasteiger partial charge in [-0.1, -0.05) is 52.8 Å². The summed E-state index contributed by atoms with van der Waals surface area (Å²) >= 11 is 7.78. The molecular formula is C24H22ClN3OS. The zero-order valence-corrected chi connectivity index (χ0v) is 18.7. The van der Waals surface area contributed by atoms with Crippen LogP contribution in [0.1, 0.15) is 27.9 Å². The standard InChI is InChI=1S/C24H22ClN3OS/c1-15-7-8-16(2)18(12-15)13-22(29)28(14-19-6-4-5-11-26-19)24-27-23-17(3)20(25)9-10-21(23)30-24/h4-12H,13-14H2,1-3H3. The molecule has 4 rings (SSSR count). The summed E-state index contributed by atoms with van der Waals surface area (Å²) in [7, 11) is 0. The van der Waals surface area contributed by atoms with E-state index in [1.807, 2.05) is 51.1 Å². The van der Waals surface area contributed by atoms with Gasteiger partial charge in [-0.15, -0.1) is 0 Å². The van der Waals surface area contributed by atoms with Gasteiger partial charge in [-0.05, 0) is 61.7 Å². The van der Waals surface area contributed by atoms with Crippen molar-refractivity contribution in [1.82, 2.24) is 9.97 Å². The summed E-state index contributed by atoms with van der Waals surface area (Å²) < 4.78 is 1.01. The second-order valence-electron chi connectivity index (χ2n) is 7.42. The first-order valence-corrected chi connectivity index (χ1v) is 10.9. The number of thiazole rings is 1. The van der Waals surface area contributed by atoms with Crippen LogP contribution in [-0.4, -0.2) is 15.9 Å². The molecule has 2 aromatic carbocycles. The number of anilines is 1. The molecule has 4 aromatic rings. The highest BCUT2D eigenvalue weighted by atomic mass is 35.5. The van der Waals surface area contributed by atoms with E-state index in [0.717, 1.165) is 38.2 Å². The van der Waals surface area contributed by atoms with Crippen molar-refractivity contribution in [2.24, 2.45) is 0 Å². The van der Waals surface area contributed by atoms with Crippen molar-refractivity contribution in [1.29, 1.82) is 0 Å². The molecular weight excluding hydrogens is 414 g/mol. The van der Waals surface area contributed by atoms with E-state index < -0.39 is 0 Å². The number of rotatable bonds is 5. The molecule has 0 spiro atoms. The topological polar surface area (TPSA) is 46.1 Å². The van der Waals surface area contributed by atoms with Gasteiger partial charge in [0.05, 0.1) is 28.9 Å². The molecule has 30 heavy (non-hydrogen) atoms. The van der Waals surface area contributed by atoms with Gasteiger partial charge in [0.2, 0.25) is 5.91 Å². The number of halogens is 1. The average Bonchev–Trinajstić information content (AvgIpc) is 3.17. The summed E-state index contributed by atoms with van der Waals surface area (Å²) in [5.74, 6) is -0.00263. The van der Waals surface area contributed by atoms with Gasteiger partial charge in [-0.2, -0.15) is 0 Å². The number of benzene rings is 2. The highest BCUT2D eigenvalue weighted by molar-refractivity contribution is 7.22. The summed E-state index contributed by atoms with van der Waals surface area (Å²) in [4.78, 5) is 24.4. The molecule has 2 aromatic heterocycles. The van der Waals surface area contributed by atoms with Crippen LogP contribution in [0.2, 0.25) is 5.02 Å². The van der Waals surface area contributed by atoms with Crippen LogP contribution >= 0.6 is 22.9 Å². The van der Waals surface area contributed by atoms with E-state index in [1.165, 1.54) is 11.3 Å². The predicted octanol–water partition coefficient (Wildman–Crippen LogP) is 6.05. The number of carbonyl (C=O) groups is 1. The molecule has 0 radical (unpaired) electrons. The zero-order chi connectivity index (χ0) is 21.3. The fraction of sp³-hybridized carbons (Fsp3) is 0.208. The summed E-state index contributed by atoms with van der Waals surface area (Å²) in [5.41, 5.74) is 5.88. The van der Waals surface area contributed by atoms with Crippen LogP contribution in [-0.2, 0) is 17.8 Å². The van der Waals surface area contributed by atoms with Crippen molar-refractivity contribution < 1.29 is 4.79 Å². The second-order valence-corrected chi connectivity index (χ2v) is 8.84. The zero-order valence-electron chi connectivity index (χ0n) is 17.1. The molecule has 4 nitrogen and oxygen atoms in total. The SMILES string of the molecule is Cc1ccc(C)c(CC(=O)N(Cc2ccccn2)c2nc3c(C)c(Cl)ccc3s2)c1. The first kappa shape index (κ1) is 20.5. The number of amides is 1. The maximum atomic E-state index is 13.4. The minimum absolute atomic E-state index is 0.00263. The number of aromatic nitrogens is 2. The van der Waals surface area contributed by atoms with E-state index in [0.29, 0.717) is 23.1 Å². The van der Waals surface area contributed by atoms with Crippen LogP contribution in [0.3, 0.4) is 0 Å². The van der Waals surface area contributed by atoms with Crippen molar-refractivity contribution in [3.05, 3.63) is 87.7 Å². The Hall–Kier alpha value is -2.76. The van der Waals surface area contributed by atoms with Crippen molar-refractivity contribution in [2.75, 3.05) is 4.90 Å². The van der Waals surface area contributed by atoms with Crippen molar-refractivity contribution >= 4 is 44.2 Å². The number of hydrogen-bond donors (Lipinski definition) is 0. The largest absolute Gasteiger partial charge is 0.282 e. The lowest BCUT2D eigenvalue weighted by Crippen LogP contribution is -2.32. The Kier molecular flexibility index (Phi) is 5.84. The highest BCUT2D eigenvalue weighted by Gasteiger charge is 2.22. The number of aryl methyl sites for hydroxylation is 3. The fourth-order valence-corrected chi connectivity index (χ4v) is 4.56. The fourth-order valence-electron chi connectivity index (χ4n) is 3.37. The summed E-state index contributed by atoms with van der Waals surface area (Å²) in [6.45, 7) is 6.40. The minimum Gasteiger partial charge on any atom is -0.282 e. The first-order chi connectivity index (χ1) is 14.4. The third-order valence-electron chi connectivity index (χ3n) is 5.16. The number of pyridine rings is 1. The maximum Gasteiger partial charge on any atom is 0.233 e. The number of carbonyl (C=O) groups excluding carboxylic acids is 1. The Morgan fingerprint density at radius 1 is 1.10 bits per heavy atom. The van der Waals surface area contributed by atoms with Crippen molar-refractivity contribution in [2.45, 2.75) is 33.7 Å². The minimum atomic E-state index is -0.00263. The van der Waals surface area contributed by atoms with Crippen LogP contribution in [0.15, 0.2) is 54.7 Å². The molecule has 0 atom stereocenters. The van der Waals surface area contributed by atoms with Gasteiger partial charge >= 0.3 is 0 Å². The van der Waals surface area contributed by atoms with E-state index in [4.69, 9.17) is 16.6 Å².